The zero-order valence-corrected chi connectivity index (χ0v) is 11.2. The van der Waals surface area contributed by atoms with Gasteiger partial charge in [-0.05, 0) is 6.92 Å². The Kier molecular flexibility index (Phi) is 3.72. The topological polar surface area (TPSA) is 35.0 Å². The average molecular weight is 259 g/mol. The van der Waals surface area contributed by atoms with Crippen LogP contribution >= 0.6 is 23.4 Å². The lowest BCUT2D eigenvalue weighted by Crippen LogP contribution is -2.30. The zero-order valence-electron chi connectivity index (χ0n) is 9.66. The van der Waals surface area contributed by atoms with E-state index in [0.717, 1.165) is 29.6 Å². The van der Waals surface area contributed by atoms with Gasteiger partial charge in [-0.2, -0.15) is 0 Å². The Balaban J connectivity index is 2.26. The van der Waals surface area contributed by atoms with E-state index >= 15 is 0 Å². The molecule has 0 radical (unpaired) electrons. The number of hydrogen-bond acceptors (Lipinski definition) is 4. The molecular formula is C11H15ClN2OS. The molecule has 0 N–H and O–H groups in total. The fourth-order valence-electron chi connectivity index (χ4n) is 1.30. The Bertz CT molecular complexity index is 394. The summed E-state index contributed by atoms with van der Waals surface area (Å²) in [5, 5.41) is 2.09. The van der Waals surface area contributed by atoms with Crippen LogP contribution in [0.25, 0.3) is 0 Å². The van der Waals surface area contributed by atoms with Gasteiger partial charge in [-0.25, -0.2) is 9.97 Å². The van der Waals surface area contributed by atoms with E-state index in [0.29, 0.717) is 16.3 Å². The van der Waals surface area contributed by atoms with Crippen LogP contribution < -0.4 is 0 Å². The van der Waals surface area contributed by atoms with Crippen LogP contribution in [0.3, 0.4) is 0 Å². The van der Waals surface area contributed by atoms with Gasteiger partial charge in [0.1, 0.15) is 16.0 Å². The molecule has 88 valence electrons. The molecule has 0 unspecified atom stereocenters. The summed E-state index contributed by atoms with van der Waals surface area (Å²) in [6, 6.07) is 0. The molecule has 0 atom stereocenters. The lowest BCUT2D eigenvalue weighted by Gasteiger charge is -2.25. The molecule has 1 saturated heterocycles. The second-order valence-corrected chi connectivity index (χ2v) is 5.88. The Hall–Kier alpha value is -0.320. The molecule has 0 spiro atoms. The van der Waals surface area contributed by atoms with Gasteiger partial charge in [0, 0.05) is 11.5 Å². The quantitative estimate of drug-likeness (QED) is 0.781. The number of aromatic nitrogens is 2. The molecule has 2 heterocycles. The standard InChI is InChI=1S/C11H15ClN2OS/c1-6(2)10-13-9(12)7(3)11(14-10)16-8-4-15-5-8/h6,8H,4-5H2,1-3H3. The number of rotatable bonds is 3. The smallest absolute Gasteiger partial charge is 0.136 e. The molecule has 1 aromatic rings. The molecule has 1 aliphatic rings. The highest BCUT2D eigenvalue weighted by molar-refractivity contribution is 8.00. The van der Waals surface area contributed by atoms with Crippen LogP contribution in [-0.2, 0) is 4.74 Å². The Labute approximate surface area is 105 Å². The van der Waals surface area contributed by atoms with E-state index in [-0.39, 0.29) is 0 Å². The summed E-state index contributed by atoms with van der Waals surface area (Å²) in [6.45, 7) is 7.73. The molecule has 0 amide bonds. The Morgan fingerprint density at radius 1 is 1.38 bits per heavy atom. The van der Waals surface area contributed by atoms with Crippen LogP contribution in [0.15, 0.2) is 5.03 Å². The summed E-state index contributed by atoms with van der Waals surface area (Å²) in [5.41, 5.74) is 0.975. The van der Waals surface area contributed by atoms with Crippen molar-refractivity contribution in [3.63, 3.8) is 0 Å². The Morgan fingerprint density at radius 2 is 2.06 bits per heavy atom. The van der Waals surface area contributed by atoms with Crippen molar-refractivity contribution in [1.29, 1.82) is 0 Å². The zero-order chi connectivity index (χ0) is 11.7. The van der Waals surface area contributed by atoms with E-state index in [4.69, 9.17) is 16.3 Å². The molecule has 1 aromatic heterocycles. The molecule has 16 heavy (non-hydrogen) atoms. The lowest BCUT2D eigenvalue weighted by atomic mass is 10.2. The number of thioether (sulfide) groups is 1. The largest absolute Gasteiger partial charge is 0.379 e. The summed E-state index contributed by atoms with van der Waals surface area (Å²) < 4.78 is 5.16. The lowest BCUT2D eigenvalue weighted by molar-refractivity contribution is 0.0454. The van der Waals surface area contributed by atoms with E-state index in [1.807, 2.05) is 6.92 Å². The van der Waals surface area contributed by atoms with Gasteiger partial charge in [0.25, 0.3) is 0 Å². The molecule has 0 saturated carbocycles. The maximum Gasteiger partial charge on any atom is 0.136 e. The highest BCUT2D eigenvalue weighted by Gasteiger charge is 2.22. The van der Waals surface area contributed by atoms with Crippen LogP contribution in [0.5, 0.6) is 0 Å². The molecule has 5 heteroatoms. The number of hydrogen-bond donors (Lipinski definition) is 0. The second kappa shape index (κ2) is 4.90. The average Bonchev–Trinajstić information content (AvgIpc) is 2.17. The molecule has 0 aliphatic carbocycles. The first-order chi connectivity index (χ1) is 7.58. The van der Waals surface area contributed by atoms with Gasteiger partial charge in [-0.1, -0.05) is 37.2 Å². The van der Waals surface area contributed by atoms with E-state index in [1.54, 1.807) is 11.8 Å². The van der Waals surface area contributed by atoms with Gasteiger partial charge in [-0.3, -0.25) is 0 Å². The van der Waals surface area contributed by atoms with E-state index < -0.39 is 0 Å². The normalized spacial score (nSPS) is 16.6. The third-order valence-corrected chi connectivity index (χ3v) is 4.06. The summed E-state index contributed by atoms with van der Waals surface area (Å²) >= 11 is 7.85. The summed E-state index contributed by atoms with van der Waals surface area (Å²) in [4.78, 5) is 8.86. The Morgan fingerprint density at radius 3 is 2.56 bits per heavy atom. The number of ether oxygens (including phenoxy) is 1. The van der Waals surface area contributed by atoms with Crippen LogP contribution in [0, 0.1) is 6.92 Å². The van der Waals surface area contributed by atoms with Crippen molar-refractivity contribution < 1.29 is 4.74 Å². The van der Waals surface area contributed by atoms with Crippen molar-refractivity contribution in [2.24, 2.45) is 0 Å². The summed E-state index contributed by atoms with van der Waals surface area (Å²) in [7, 11) is 0. The van der Waals surface area contributed by atoms with Crippen LogP contribution in [0.1, 0.15) is 31.2 Å². The van der Waals surface area contributed by atoms with E-state index in [9.17, 15) is 0 Å². The minimum atomic E-state index is 0.301. The van der Waals surface area contributed by atoms with Gasteiger partial charge >= 0.3 is 0 Å². The van der Waals surface area contributed by atoms with E-state index in [2.05, 4.69) is 23.8 Å². The maximum absolute atomic E-state index is 6.11. The first-order valence-electron chi connectivity index (χ1n) is 5.36. The van der Waals surface area contributed by atoms with Gasteiger partial charge in [0.2, 0.25) is 0 Å². The minimum Gasteiger partial charge on any atom is -0.379 e. The van der Waals surface area contributed by atoms with Crippen molar-refractivity contribution in [2.75, 3.05) is 13.2 Å². The predicted molar refractivity (Wildman–Crippen MR) is 66.3 cm³/mol. The fourth-order valence-corrected chi connectivity index (χ4v) is 2.59. The predicted octanol–water partition coefficient (Wildman–Crippen LogP) is 3.05. The van der Waals surface area contributed by atoms with Crippen molar-refractivity contribution in [3.05, 3.63) is 16.5 Å². The van der Waals surface area contributed by atoms with Crippen LogP contribution in [-0.4, -0.2) is 28.4 Å². The number of halogens is 1. The highest BCUT2D eigenvalue weighted by Crippen LogP contribution is 2.32. The molecular weight excluding hydrogens is 244 g/mol. The third kappa shape index (κ3) is 2.50. The highest BCUT2D eigenvalue weighted by atomic mass is 35.5. The molecule has 0 aromatic carbocycles. The summed E-state index contributed by atoms with van der Waals surface area (Å²) in [5.74, 6) is 1.12. The summed E-state index contributed by atoms with van der Waals surface area (Å²) in [6.07, 6.45) is 0. The number of nitrogens with zero attached hydrogens (tertiary/aromatic N) is 2. The van der Waals surface area contributed by atoms with Crippen molar-refractivity contribution in [1.82, 2.24) is 9.97 Å². The first-order valence-corrected chi connectivity index (χ1v) is 6.62. The van der Waals surface area contributed by atoms with E-state index in [1.165, 1.54) is 0 Å². The molecule has 1 aliphatic heterocycles. The molecule has 2 rings (SSSR count). The third-order valence-electron chi connectivity index (χ3n) is 2.46. The van der Waals surface area contributed by atoms with Crippen molar-refractivity contribution in [2.45, 2.75) is 37.0 Å². The molecule has 0 bridgehead atoms. The monoisotopic (exact) mass is 258 g/mol. The van der Waals surface area contributed by atoms with Gasteiger partial charge < -0.3 is 4.74 Å². The van der Waals surface area contributed by atoms with Gasteiger partial charge in [0.15, 0.2) is 0 Å². The SMILES string of the molecule is Cc1c(Cl)nc(C(C)C)nc1SC1COC1. The van der Waals surface area contributed by atoms with Crippen LogP contribution in [0.4, 0.5) is 0 Å². The molecule has 3 nitrogen and oxygen atoms in total. The van der Waals surface area contributed by atoms with Gasteiger partial charge in [0.05, 0.1) is 18.5 Å². The maximum atomic E-state index is 6.11. The van der Waals surface area contributed by atoms with Crippen LogP contribution in [0.2, 0.25) is 5.15 Å². The first kappa shape index (κ1) is 12.1. The van der Waals surface area contributed by atoms with Crippen molar-refractivity contribution >= 4 is 23.4 Å². The fraction of sp³-hybridized carbons (Fsp3) is 0.636. The van der Waals surface area contributed by atoms with Crippen molar-refractivity contribution in [3.8, 4) is 0 Å². The second-order valence-electron chi connectivity index (χ2n) is 4.23. The van der Waals surface area contributed by atoms with Gasteiger partial charge in [-0.15, -0.1) is 0 Å². The minimum absolute atomic E-state index is 0.301. The molecule has 1 fully saturated rings.